The lowest BCUT2D eigenvalue weighted by molar-refractivity contribution is -0.189. The third-order valence-corrected chi connectivity index (χ3v) is 5.15. The molecule has 0 spiro atoms. The minimum Gasteiger partial charge on any atom is -0.429 e. The maximum atomic E-state index is 14.7. The zero-order valence-electron chi connectivity index (χ0n) is 18.4. The Hall–Kier alpha value is -3.42. The molecule has 1 nitrogen and oxygen atoms in total. The van der Waals surface area contributed by atoms with Crippen LogP contribution in [-0.2, 0) is 12.5 Å². The van der Waals surface area contributed by atoms with E-state index >= 15 is 0 Å². The van der Waals surface area contributed by atoms with Gasteiger partial charge in [-0.05, 0) is 54.1 Å². The van der Waals surface area contributed by atoms with Gasteiger partial charge in [0.2, 0.25) is 0 Å². The van der Waals surface area contributed by atoms with E-state index in [0.717, 1.165) is 18.4 Å². The molecule has 3 aromatic rings. The average molecular weight is 522 g/mol. The molecule has 36 heavy (non-hydrogen) atoms. The Morgan fingerprint density at radius 2 is 1.50 bits per heavy atom. The van der Waals surface area contributed by atoms with Crippen LogP contribution in [0.25, 0.3) is 10.8 Å². The van der Waals surface area contributed by atoms with Gasteiger partial charge in [0.15, 0.2) is 11.6 Å². The number of benzene rings is 3. The third-order valence-electron chi connectivity index (χ3n) is 5.15. The quantitative estimate of drug-likeness (QED) is 0.131. The monoisotopic (exact) mass is 522 g/mol. The van der Waals surface area contributed by atoms with Crippen LogP contribution >= 0.6 is 0 Å². The van der Waals surface area contributed by atoms with Gasteiger partial charge in [-0.1, -0.05) is 25.7 Å². The predicted octanol–water partition coefficient (Wildman–Crippen LogP) is 8.31. The number of fused-ring (bicyclic) bond motifs is 1. The molecule has 3 rings (SSSR count). The number of aryl methyl sites for hydroxylation is 1. The number of alkyl halides is 5. The highest BCUT2D eigenvalue weighted by molar-refractivity contribution is 5.86. The molecule has 0 aromatic heterocycles. The summed E-state index contributed by atoms with van der Waals surface area (Å²) in [4.78, 5) is 0. The number of halogens is 10. The molecular weight excluding hydrogens is 506 g/mol. The van der Waals surface area contributed by atoms with Crippen LogP contribution in [0.15, 0.2) is 30.3 Å². The van der Waals surface area contributed by atoms with Gasteiger partial charge in [0.25, 0.3) is 0 Å². The number of rotatable bonds is 7. The summed E-state index contributed by atoms with van der Waals surface area (Å²) < 4.78 is 142. The van der Waals surface area contributed by atoms with Crippen LogP contribution in [0.5, 0.6) is 5.75 Å². The van der Waals surface area contributed by atoms with E-state index in [9.17, 15) is 43.9 Å². The summed E-state index contributed by atoms with van der Waals surface area (Å²) in [7, 11) is 0. The van der Waals surface area contributed by atoms with E-state index in [1.165, 1.54) is 5.92 Å². The van der Waals surface area contributed by atoms with Crippen LogP contribution in [0.1, 0.15) is 42.9 Å². The number of hydrogen-bond acceptors (Lipinski definition) is 1. The highest BCUT2D eigenvalue weighted by Crippen LogP contribution is 2.38. The van der Waals surface area contributed by atoms with E-state index in [1.807, 2.05) is 6.92 Å². The summed E-state index contributed by atoms with van der Waals surface area (Å²) in [5, 5.41) is -0.910. The molecule has 0 aliphatic heterocycles. The first-order valence-corrected chi connectivity index (χ1v) is 10.5. The van der Waals surface area contributed by atoms with Crippen molar-refractivity contribution < 1.29 is 48.6 Å². The van der Waals surface area contributed by atoms with Gasteiger partial charge in [0, 0.05) is 11.3 Å². The van der Waals surface area contributed by atoms with Gasteiger partial charge in [-0.25, -0.2) is 22.0 Å². The number of unbranched alkanes of at least 4 members (excludes halogenated alkanes) is 2. The van der Waals surface area contributed by atoms with Crippen LogP contribution in [0, 0.1) is 40.9 Å². The lowest BCUT2D eigenvalue weighted by Gasteiger charge is -2.21. The second-order valence-corrected chi connectivity index (χ2v) is 7.77. The average Bonchev–Trinajstić information content (AvgIpc) is 2.75. The van der Waals surface area contributed by atoms with Crippen LogP contribution in [0.4, 0.5) is 43.9 Å². The van der Waals surface area contributed by atoms with Crippen molar-refractivity contribution in [3.05, 3.63) is 76.1 Å². The third kappa shape index (κ3) is 5.86. The van der Waals surface area contributed by atoms with Crippen molar-refractivity contribution in [2.45, 2.75) is 44.9 Å². The summed E-state index contributed by atoms with van der Waals surface area (Å²) in [5.74, 6) is -7.31. The Morgan fingerprint density at radius 1 is 0.806 bits per heavy atom. The molecular formula is C25H16F10O. The van der Waals surface area contributed by atoms with Crippen LogP contribution in [0.2, 0.25) is 0 Å². The van der Waals surface area contributed by atoms with Crippen molar-refractivity contribution in [1.29, 1.82) is 0 Å². The van der Waals surface area contributed by atoms with Gasteiger partial charge < -0.3 is 4.74 Å². The standard InChI is InChI=1S/C25H16F10O/c1-2-3-4-5-13-11-19(27)20(23(30)21(13)28)25(34,35)36-15-6-7-16-14(10-15)12-18(26)17(22(16)29)8-9-24(31,32)33/h6-7,10-12H,2-5H2,1H3. The SMILES string of the molecule is CCCCCc1cc(F)c(C(F)(F)Oc2ccc3c(F)c(C#CC(F)(F)F)c(F)cc3c2)c(F)c1F. The molecule has 0 fully saturated rings. The van der Waals surface area contributed by atoms with Crippen molar-refractivity contribution in [2.75, 3.05) is 0 Å². The summed E-state index contributed by atoms with van der Waals surface area (Å²) in [5.41, 5.74) is -3.61. The first-order chi connectivity index (χ1) is 16.7. The second-order valence-electron chi connectivity index (χ2n) is 7.77. The number of hydrogen-bond donors (Lipinski definition) is 0. The van der Waals surface area contributed by atoms with E-state index in [2.05, 4.69) is 4.74 Å². The second kappa shape index (κ2) is 10.3. The minimum absolute atomic E-state index is 0.0721. The van der Waals surface area contributed by atoms with Gasteiger partial charge in [-0.15, -0.1) is 0 Å². The van der Waals surface area contributed by atoms with Crippen molar-refractivity contribution in [3.8, 4) is 17.6 Å². The zero-order valence-corrected chi connectivity index (χ0v) is 18.4. The fourth-order valence-electron chi connectivity index (χ4n) is 3.48. The molecule has 0 amide bonds. The molecule has 3 aromatic carbocycles. The summed E-state index contributed by atoms with van der Waals surface area (Å²) in [6.45, 7) is 1.84. The highest BCUT2D eigenvalue weighted by Gasteiger charge is 2.43. The summed E-state index contributed by atoms with van der Waals surface area (Å²) >= 11 is 0. The van der Waals surface area contributed by atoms with E-state index in [0.29, 0.717) is 37.1 Å². The van der Waals surface area contributed by atoms with Gasteiger partial charge in [0.1, 0.15) is 28.8 Å². The Labute approximate surface area is 198 Å². The Morgan fingerprint density at radius 3 is 2.14 bits per heavy atom. The predicted molar refractivity (Wildman–Crippen MR) is 111 cm³/mol. The van der Waals surface area contributed by atoms with E-state index in [1.54, 1.807) is 0 Å². The van der Waals surface area contributed by atoms with Crippen LogP contribution in [-0.4, -0.2) is 6.18 Å². The van der Waals surface area contributed by atoms with E-state index in [-0.39, 0.29) is 6.42 Å². The molecule has 0 saturated carbocycles. The highest BCUT2D eigenvalue weighted by atomic mass is 19.4. The Bertz CT molecular complexity index is 1350. The number of ether oxygens (including phenoxy) is 1. The van der Waals surface area contributed by atoms with Crippen LogP contribution in [0.3, 0.4) is 0 Å². The first kappa shape index (κ1) is 27.2. The van der Waals surface area contributed by atoms with Crippen molar-refractivity contribution in [2.24, 2.45) is 0 Å². The fourth-order valence-corrected chi connectivity index (χ4v) is 3.48. The maximum Gasteiger partial charge on any atom is 0.458 e. The van der Waals surface area contributed by atoms with E-state index in [4.69, 9.17) is 0 Å². The van der Waals surface area contributed by atoms with Crippen LogP contribution < -0.4 is 4.74 Å². The summed E-state index contributed by atoms with van der Waals surface area (Å²) in [6, 6.07) is 3.13. The molecule has 0 radical (unpaired) electrons. The normalized spacial score (nSPS) is 12.0. The molecule has 192 valence electrons. The van der Waals surface area contributed by atoms with Gasteiger partial charge in [-0.3, -0.25) is 0 Å². The van der Waals surface area contributed by atoms with Crippen molar-refractivity contribution in [3.63, 3.8) is 0 Å². The first-order valence-electron chi connectivity index (χ1n) is 10.5. The summed E-state index contributed by atoms with van der Waals surface area (Å²) in [6.07, 6.45) is -8.08. The van der Waals surface area contributed by atoms with E-state index < -0.39 is 74.6 Å². The lowest BCUT2D eigenvalue weighted by atomic mass is 10.0. The fraction of sp³-hybridized carbons (Fsp3) is 0.280. The molecule has 0 bridgehead atoms. The molecule has 0 N–H and O–H groups in total. The Kier molecular flexibility index (Phi) is 7.76. The minimum atomic E-state index is -5.02. The van der Waals surface area contributed by atoms with Crippen molar-refractivity contribution >= 4 is 10.8 Å². The molecule has 0 aliphatic rings. The molecule has 0 saturated heterocycles. The molecule has 0 atom stereocenters. The molecule has 0 unspecified atom stereocenters. The lowest BCUT2D eigenvalue weighted by Crippen LogP contribution is -2.26. The molecule has 11 heteroatoms. The Balaban J connectivity index is 1.97. The topological polar surface area (TPSA) is 9.23 Å². The maximum absolute atomic E-state index is 14.7. The zero-order chi connectivity index (χ0) is 26.8. The molecule has 0 heterocycles. The van der Waals surface area contributed by atoms with Gasteiger partial charge >= 0.3 is 12.3 Å². The molecule has 0 aliphatic carbocycles. The van der Waals surface area contributed by atoms with Crippen molar-refractivity contribution in [1.82, 2.24) is 0 Å². The van der Waals surface area contributed by atoms with Gasteiger partial charge in [0.05, 0.1) is 5.56 Å². The largest absolute Gasteiger partial charge is 0.458 e. The van der Waals surface area contributed by atoms with Gasteiger partial charge in [-0.2, -0.15) is 22.0 Å². The smallest absolute Gasteiger partial charge is 0.429 e.